The fraction of sp³-hybridized carbons (Fsp3) is 0.105. The molecule has 25 heavy (non-hydrogen) atoms. The van der Waals surface area contributed by atoms with Gasteiger partial charge in [0.1, 0.15) is 5.15 Å². The predicted molar refractivity (Wildman–Crippen MR) is 99.2 cm³/mol. The highest BCUT2D eigenvalue weighted by Crippen LogP contribution is 2.21. The highest BCUT2D eigenvalue weighted by molar-refractivity contribution is 6.32. The van der Waals surface area contributed by atoms with Crippen LogP contribution in [0.2, 0.25) is 5.15 Å². The number of aryl methyl sites for hydroxylation is 1. The number of para-hydroxylation sites is 1. The molecular formula is C19H17ClN4O. The Morgan fingerprint density at radius 1 is 1.16 bits per heavy atom. The van der Waals surface area contributed by atoms with Gasteiger partial charge >= 0.3 is 0 Å². The largest absolute Gasteiger partial charge is 0.273 e. The molecule has 1 heterocycles. The molecule has 2 aromatic carbocycles. The number of carbonyl (C=O) groups is 1. The van der Waals surface area contributed by atoms with E-state index in [1.807, 2.05) is 67.6 Å². The molecule has 1 amide bonds. The molecule has 126 valence electrons. The first-order valence-corrected chi connectivity index (χ1v) is 8.19. The first-order chi connectivity index (χ1) is 12.1. The van der Waals surface area contributed by atoms with Crippen molar-refractivity contribution in [2.45, 2.75) is 13.3 Å². The average Bonchev–Trinajstić information content (AvgIpc) is 2.91. The van der Waals surface area contributed by atoms with Gasteiger partial charge in [0, 0.05) is 0 Å². The van der Waals surface area contributed by atoms with Crippen molar-refractivity contribution in [1.82, 2.24) is 15.2 Å². The standard InChI is InChI=1S/C19H17ClN4O/c1-14-17(19(20)24(23-14)16-10-6-3-7-11-16)13-21-22-18(25)12-15-8-4-2-5-9-15/h2-11,13H,12H2,1H3,(H,22,25)/b21-13-. The van der Waals surface area contributed by atoms with Crippen LogP contribution in [0.1, 0.15) is 16.8 Å². The van der Waals surface area contributed by atoms with Crippen molar-refractivity contribution >= 4 is 23.7 Å². The van der Waals surface area contributed by atoms with E-state index in [1.54, 1.807) is 4.68 Å². The Kier molecular flexibility index (Phi) is 5.26. The van der Waals surface area contributed by atoms with Crippen LogP contribution in [0.3, 0.4) is 0 Å². The maximum atomic E-state index is 11.9. The van der Waals surface area contributed by atoms with E-state index in [9.17, 15) is 4.79 Å². The summed E-state index contributed by atoms with van der Waals surface area (Å²) in [5.41, 5.74) is 5.72. The molecule has 3 rings (SSSR count). The van der Waals surface area contributed by atoms with Gasteiger partial charge in [-0.1, -0.05) is 60.1 Å². The molecule has 0 aliphatic heterocycles. The number of halogens is 1. The second-order valence-electron chi connectivity index (χ2n) is 5.49. The van der Waals surface area contributed by atoms with Gasteiger partial charge in [-0.05, 0) is 24.6 Å². The SMILES string of the molecule is Cc1nn(-c2ccccc2)c(Cl)c1/C=N\NC(=O)Cc1ccccc1. The zero-order valence-corrected chi connectivity index (χ0v) is 14.4. The zero-order valence-electron chi connectivity index (χ0n) is 13.7. The Morgan fingerprint density at radius 2 is 1.80 bits per heavy atom. The lowest BCUT2D eigenvalue weighted by Crippen LogP contribution is -2.19. The maximum absolute atomic E-state index is 11.9. The van der Waals surface area contributed by atoms with Gasteiger partial charge in [-0.25, -0.2) is 10.1 Å². The van der Waals surface area contributed by atoms with Gasteiger partial charge in [0.15, 0.2) is 0 Å². The van der Waals surface area contributed by atoms with E-state index in [1.165, 1.54) is 6.21 Å². The molecular weight excluding hydrogens is 336 g/mol. The lowest BCUT2D eigenvalue weighted by atomic mass is 10.1. The predicted octanol–water partition coefficient (Wildman–Crippen LogP) is 3.53. The molecule has 0 spiro atoms. The zero-order chi connectivity index (χ0) is 17.6. The summed E-state index contributed by atoms with van der Waals surface area (Å²) in [4.78, 5) is 11.9. The highest BCUT2D eigenvalue weighted by Gasteiger charge is 2.13. The van der Waals surface area contributed by atoms with E-state index < -0.39 is 0 Å². The summed E-state index contributed by atoms with van der Waals surface area (Å²) in [7, 11) is 0. The van der Waals surface area contributed by atoms with Crippen molar-refractivity contribution in [3.05, 3.63) is 82.6 Å². The number of carbonyl (C=O) groups excluding carboxylic acids is 1. The summed E-state index contributed by atoms with van der Waals surface area (Å²) in [6, 6.07) is 19.1. The molecule has 5 nitrogen and oxygen atoms in total. The number of nitrogens with zero attached hydrogens (tertiary/aromatic N) is 3. The monoisotopic (exact) mass is 352 g/mol. The van der Waals surface area contributed by atoms with Crippen LogP contribution in [0, 0.1) is 6.92 Å². The van der Waals surface area contributed by atoms with Crippen molar-refractivity contribution in [1.29, 1.82) is 0 Å². The summed E-state index contributed by atoms with van der Waals surface area (Å²) in [6.45, 7) is 1.85. The Morgan fingerprint density at radius 3 is 2.48 bits per heavy atom. The van der Waals surface area contributed by atoms with Gasteiger partial charge in [0.25, 0.3) is 0 Å². The highest BCUT2D eigenvalue weighted by atomic mass is 35.5. The van der Waals surface area contributed by atoms with E-state index >= 15 is 0 Å². The number of rotatable bonds is 5. The Bertz CT molecular complexity index is 889. The molecule has 6 heteroatoms. The number of amides is 1. The van der Waals surface area contributed by atoms with Gasteiger partial charge in [0.05, 0.1) is 29.6 Å². The smallest absolute Gasteiger partial charge is 0.244 e. The van der Waals surface area contributed by atoms with Gasteiger partial charge < -0.3 is 0 Å². The number of hydrazone groups is 1. The summed E-state index contributed by atoms with van der Waals surface area (Å²) < 4.78 is 1.64. The van der Waals surface area contributed by atoms with Crippen molar-refractivity contribution in [3.8, 4) is 5.69 Å². The first kappa shape index (κ1) is 16.9. The molecule has 0 atom stereocenters. The summed E-state index contributed by atoms with van der Waals surface area (Å²) in [5.74, 6) is -0.188. The second kappa shape index (κ2) is 7.77. The maximum Gasteiger partial charge on any atom is 0.244 e. The molecule has 0 bridgehead atoms. The topological polar surface area (TPSA) is 59.3 Å². The summed E-state index contributed by atoms with van der Waals surface area (Å²) in [6.07, 6.45) is 1.79. The average molecular weight is 353 g/mol. The number of nitrogens with one attached hydrogen (secondary N) is 1. The van der Waals surface area contributed by atoms with E-state index in [0.717, 1.165) is 16.9 Å². The van der Waals surface area contributed by atoms with Crippen LogP contribution in [0.15, 0.2) is 65.8 Å². The fourth-order valence-corrected chi connectivity index (χ4v) is 2.71. The Labute approximate surface area is 150 Å². The minimum Gasteiger partial charge on any atom is -0.273 e. The molecule has 0 fully saturated rings. The van der Waals surface area contributed by atoms with Crippen molar-refractivity contribution in [2.24, 2.45) is 5.10 Å². The van der Waals surface area contributed by atoms with E-state index in [4.69, 9.17) is 11.6 Å². The summed E-state index contributed by atoms with van der Waals surface area (Å²) >= 11 is 6.41. The van der Waals surface area contributed by atoms with Crippen molar-refractivity contribution < 1.29 is 4.79 Å². The third kappa shape index (κ3) is 4.14. The molecule has 0 aliphatic carbocycles. The third-order valence-electron chi connectivity index (χ3n) is 3.64. The Hall–Kier alpha value is -2.92. The van der Waals surface area contributed by atoms with Crippen molar-refractivity contribution in [3.63, 3.8) is 0 Å². The second-order valence-corrected chi connectivity index (χ2v) is 5.85. The minimum atomic E-state index is -0.188. The van der Waals surface area contributed by atoms with Gasteiger partial charge in [-0.2, -0.15) is 10.2 Å². The van der Waals surface area contributed by atoms with Crippen molar-refractivity contribution in [2.75, 3.05) is 0 Å². The molecule has 1 N–H and O–H groups in total. The normalized spacial score (nSPS) is 11.0. The molecule has 0 aliphatic rings. The van der Waals surface area contributed by atoms with Crippen LogP contribution >= 0.6 is 11.6 Å². The van der Waals surface area contributed by atoms with Gasteiger partial charge in [-0.3, -0.25) is 4.79 Å². The number of hydrogen-bond acceptors (Lipinski definition) is 3. The molecule has 3 aromatic rings. The summed E-state index contributed by atoms with van der Waals surface area (Å²) in [5, 5.41) is 8.88. The van der Waals surface area contributed by atoms with E-state index in [0.29, 0.717) is 10.7 Å². The Balaban J connectivity index is 1.70. The van der Waals surface area contributed by atoms with E-state index in [2.05, 4.69) is 15.6 Å². The fourth-order valence-electron chi connectivity index (χ4n) is 2.39. The van der Waals surface area contributed by atoms with Crippen LogP contribution in [0.4, 0.5) is 0 Å². The first-order valence-electron chi connectivity index (χ1n) is 7.81. The van der Waals surface area contributed by atoms with Crippen LogP contribution in [-0.2, 0) is 11.2 Å². The van der Waals surface area contributed by atoms with Crippen LogP contribution < -0.4 is 5.43 Å². The van der Waals surface area contributed by atoms with Gasteiger partial charge in [-0.15, -0.1) is 0 Å². The third-order valence-corrected chi connectivity index (χ3v) is 4.00. The molecule has 1 aromatic heterocycles. The van der Waals surface area contributed by atoms with Gasteiger partial charge in [0.2, 0.25) is 5.91 Å². The van der Waals surface area contributed by atoms with Crippen LogP contribution in [0.25, 0.3) is 5.69 Å². The van der Waals surface area contributed by atoms with E-state index in [-0.39, 0.29) is 12.3 Å². The minimum absolute atomic E-state index is 0.188. The quantitative estimate of drug-likeness (QED) is 0.564. The number of aromatic nitrogens is 2. The molecule has 0 unspecified atom stereocenters. The molecule has 0 saturated heterocycles. The number of benzene rings is 2. The number of hydrogen-bond donors (Lipinski definition) is 1. The molecule has 0 radical (unpaired) electrons. The lowest BCUT2D eigenvalue weighted by molar-refractivity contribution is -0.120. The van der Waals surface area contributed by atoms with Crippen LogP contribution in [0.5, 0.6) is 0 Å². The van der Waals surface area contributed by atoms with Crippen LogP contribution in [-0.4, -0.2) is 21.9 Å². The molecule has 0 saturated carbocycles. The lowest BCUT2D eigenvalue weighted by Gasteiger charge is -2.02.